The number of aromatic nitrogens is 1. The lowest BCUT2D eigenvalue weighted by atomic mass is 9.99. The average molecular weight is 412 g/mol. The summed E-state index contributed by atoms with van der Waals surface area (Å²) in [4.78, 5) is 15.9. The number of nitrogens with zero attached hydrogens (tertiary/aromatic N) is 5. The summed E-state index contributed by atoms with van der Waals surface area (Å²) < 4.78 is 0. The molecule has 2 aliphatic rings. The van der Waals surface area contributed by atoms with Gasteiger partial charge in [0.1, 0.15) is 11.6 Å². The summed E-state index contributed by atoms with van der Waals surface area (Å²) in [6.07, 6.45) is 3.77. The van der Waals surface area contributed by atoms with Crippen molar-refractivity contribution in [1.29, 1.82) is 0 Å². The molecule has 3 heterocycles. The number of nitrogens with two attached hydrogens (primary N) is 1. The Hall–Kier alpha value is -2.77. The molecule has 2 aliphatic heterocycles. The molecule has 1 fully saturated rings. The van der Waals surface area contributed by atoms with E-state index in [9.17, 15) is 0 Å². The monoisotopic (exact) mass is 411 g/mol. The molecule has 1 aromatic heterocycles. The van der Waals surface area contributed by atoms with Gasteiger partial charge in [-0.25, -0.2) is 9.98 Å². The Morgan fingerprint density at radius 2 is 1.83 bits per heavy atom. The van der Waals surface area contributed by atoms with E-state index >= 15 is 0 Å². The lowest BCUT2D eigenvalue weighted by Gasteiger charge is -2.41. The Kier molecular flexibility index (Phi) is 5.34. The SMILES string of the molecule is CN(C)C1=CC(N)(c2cccc(Cl)c2)N=C(N2CCN(c3ccccn3)CC2)N1. The first kappa shape index (κ1) is 19.5. The number of halogens is 1. The summed E-state index contributed by atoms with van der Waals surface area (Å²) in [5, 5.41) is 4.08. The average Bonchev–Trinajstić information content (AvgIpc) is 2.74. The van der Waals surface area contributed by atoms with Crippen molar-refractivity contribution in [2.45, 2.75) is 5.66 Å². The van der Waals surface area contributed by atoms with Crippen LogP contribution in [0.2, 0.25) is 5.02 Å². The van der Waals surface area contributed by atoms with Gasteiger partial charge >= 0.3 is 0 Å². The van der Waals surface area contributed by atoms with Crippen LogP contribution in [0.3, 0.4) is 0 Å². The zero-order chi connectivity index (χ0) is 20.4. The molecule has 3 N–H and O–H groups in total. The van der Waals surface area contributed by atoms with E-state index in [4.69, 9.17) is 22.3 Å². The van der Waals surface area contributed by atoms with Gasteiger partial charge in [0, 0.05) is 57.6 Å². The number of rotatable bonds is 3. The van der Waals surface area contributed by atoms with Crippen molar-refractivity contribution >= 4 is 23.4 Å². The second kappa shape index (κ2) is 7.93. The van der Waals surface area contributed by atoms with Crippen molar-refractivity contribution in [1.82, 2.24) is 20.1 Å². The van der Waals surface area contributed by atoms with E-state index < -0.39 is 5.66 Å². The number of guanidine groups is 1. The highest BCUT2D eigenvalue weighted by Gasteiger charge is 2.33. The number of hydrogen-bond acceptors (Lipinski definition) is 7. The number of aliphatic imine (C=N–C) groups is 1. The number of piperazine rings is 1. The van der Waals surface area contributed by atoms with Crippen LogP contribution >= 0.6 is 11.6 Å². The van der Waals surface area contributed by atoms with Crippen LogP contribution in [0.5, 0.6) is 0 Å². The van der Waals surface area contributed by atoms with Crippen LogP contribution in [-0.4, -0.2) is 61.0 Å². The highest BCUT2D eigenvalue weighted by atomic mass is 35.5. The Morgan fingerprint density at radius 3 is 2.48 bits per heavy atom. The predicted octanol–water partition coefficient (Wildman–Crippen LogP) is 2.03. The highest BCUT2D eigenvalue weighted by Crippen LogP contribution is 2.28. The summed E-state index contributed by atoms with van der Waals surface area (Å²) in [7, 11) is 3.97. The van der Waals surface area contributed by atoms with Gasteiger partial charge in [-0.2, -0.15) is 0 Å². The van der Waals surface area contributed by atoms with Gasteiger partial charge in [0.15, 0.2) is 5.66 Å². The van der Waals surface area contributed by atoms with Crippen LogP contribution in [0.25, 0.3) is 0 Å². The van der Waals surface area contributed by atoms with Crippen molar-refractivity contribution in [2.75, 3.05) is 45.2 Å². The smallest absolute Gasteiger partial charge is 0.202 e. The van der Waals surface area contributed by atoms with Crippen molar-refractivity contribution in [3.63, 3.8) is 0 Å². The minimum absolute atomic E-state index is 0.645. The molecule has 152 valence electrons. The summed E-state index contributed by atoms with van der Waals surface area (Å²) >= 11 is 6.21. The Labute approximate surface area is 176 Å². The molecule has 7 nitrogen and oxygen atoms in total. The predicted molar refractivity (Wildman–Crippen MR) is 118 cm³/mol. The van der Waals surface area contributed by atoms with Crippen LogP contribution in [-0.2, 0) is 5.66 Å². The number of pyridine rings is 1. The van der Waals surface area contributed by atoms with Gasteiger partial charge in [0.05, 0.1) is 0 Å². The standard InChI is InChI=1S/C21H26ClN7/c1-27(2)19-15-21(23,16-6-5-7-17(22)14-16)26-20(25-19)29-12-10-28(11-13-29)18-8-3-4-9-24-18/h3-9,14-15H,10-13,23H2,1-2H3,(H,25,26). The van der Waals surface area contributed by atoms with Gasteiger partial charge in [-0.3, -0.25) is 5.73 Å². The third-order valence-electron chi connectivity index (χ3n) is 5.21. The Balaban J connectivity index is 1.58. The minimum atomic E-state index is -0.983. The van der Waals surface area contributed by atoms with Gasteiger partial charge < -0.3 is 20.0 Å². The number of hydrogen-bond donors (Lipinski definition) is 2. The summed E-state index contributed by atoms with van der Waals surface area (Å²) in [6.45, 7) is 3.39. The summed E-state index contributed by atoms with van der Waals surface area (Å²) in [5.41, 5.74) is 6.63. The molecule has 0 spiro atoms. The van der Waals surface area contributed by atoms with Gasteiger partial charge in [-0.05, 0) is 29.8 Å². The fraction of sp³-hybridized carbons (Fsp3) is 0.333. The molecule has 0 aliphatic carbocycles. The minimum Gasteiger partial charge on any atom is -0.364 e. The zero-order valence-corrected chi connectivity index (χ0v) is 17.5. The van der Waals surface area contributed by atoms with Crippen molar-refractivity contribution < 1.29 is 0 Å². The van der Waals surface area contributed by atoms with E-state index in [1.54, 1.807) is 0 Å². The molecule has 2 aromatic rings. The third-order valence-corrected chi connectivity index (χ3v) is 5.44. The van der Waals surface area contributed by atoms with Crippen molar-refractivity contribution in [2.24, 2.45) is 10.7 Å². The lowest BCUT2D eigenvalue weighted by molar-refractivity contribution is 0.352. The van der Waals surface area contributed by atoms with E-state index in [2.05, 4.69) is 20.1 Å². The molecule has 8 heteroatoms. The quantitative estimate of drug-likeness (QED) is 0.805. The maximum Gasteiger partial charge on any atom is 0.202 e. The van der Waals surface area contributed by atoms with Gasteiger partial charge in [0.2, 0.25) is 5.96 Å². The first-order valence-electron chi connectivity index (χ1n) is 9.67. The van der Waals surface area contributed by atoms with Crippen molar-refractivity contribution in [3.8, 4) is 0 Å². The summed E-state index contributed by atoms with van der Waals surface area (Å²) in [5.74, 6) is 2.69. The fourth-order valence-electron chi connectivity index (χ4n) is 3.56. The Morgan fingerprint density at radius 1 is 1.07 bits per heavy atom. The lowest BCUT2D eigenvalue weighted by Crippen LogP contribution is -2.56. The second-order valence-electron chi connectivity index (χ2n) is 7.48. The molecule has 29 heavy (non-hydrogen) atoms. The molecule has 0 amide bonds. The van der Waals surface area contributed by atoms with E-state index in [-0.39, 0.29) is 0 Å². The first-order chi connectivity index (χ1) is 13.9. The fourth-order valence-corrected chi connectivity index (χ4v) is 3.75. The zero-order valence-electron chi connectivity index (χ0n) is 16.7. The van der Waals surface area contributed by atoms with Crippen LogP contribution in [0.1, 0.15) is 5.56 Å². The Bertz CT molecular complexity index is 920. The van der Waals surface area contributed by atoms with Crippen LogP contribution in [0.15, 0.2) is 65.6 Å². The van der Waals surface area contributed by atoms with E-state index in [1.165, 1.54) is 0 Å². The number of benzene rings is 1. The number of anilines is 1. The normalized spacial score (nSPS) is 21.9. The maximum absolute atomic E-state index is 6.76. The van der Waals surface area contributed by atoms with Gasteiger partial charge in [-0.1, -0.05) is 29.8 Å². The van der Waals surface area contributed by atoms with Gasteiger partial charge in [0.25, 0.3) is 0 Å². The molecule has 1 unspecified atom stereocenters. The molecule has 0 bridgehead atoms. The topological polar surface area (TPSA) is 73.0 Å². The largest absolute Gasteiger partial charge is 0.364 e. The molecule has 4 rings (SSSR count). The molecule has 1 saturated heterocycles. The van der Waals surface area contributed by atoms with Crippen LogP contribution < -0.4 is 16.0 Å². The molecule has 1 aromatic carbocycles. The van der Waals surface area contributed by atoms with Gasteiger partial charge in [-0.15, -0.1) is 0 Å². The maximum atomic E-state index is 6.76. The molecular weight excluding hydrogens is 386 g/mol. The number of nitrogens with one attached hydrogen (secondary N) is 1. The molecule has 0 radical (unpaired) electrons. The molecular formula is C21H26ClN7. The van der Waals surface area contributed by atoms with Crippen molar-refractivity contribution in [3.05, 3.63) is 71.1 Å². The van der Waals surface area contributed by atoms with E-state index in [1.807, 2.05) is 73.7 Å². The first-order valence-corrected chi connectivity index (χ1v) is 10.1. The van der Waals surface area contributed by atoms with E-state index in [0.29, 0.717) is 5.02 Å². The highest BCUT2D eigenvalue weighted by molar-refractivity contribution is 6.30. The second-order valence-corrected chi connectivity index (χ2v) is 7.92. The summed E-state index contributed by atoms with van der Waals surface area (Å²) in [6, 6.07) is 13.6. The third kappa shape index (κ3) is 4.16. The van der Waals surface area contributed by atoms with E-state index in [0.717, 1.165) is 49.3 Å². The van der Waals surface area contributed by atoms with Crippen LogP contribution in [0, 0.1) is 0 Å². The van der Waals surface area contributed by atoms with Crippen LogP contribution in [0.4, 0.5) is 5.82 Å². The molecule has 0 saturated carbocycles. The molecule has 1 atom stereocenters.